The molecule has 2 aliphatic rings. The lowest BCUT2D eigenvalue weighted by molar-refractivity contribution is -0.112. The zero-order valence-corrected chi connectivity index (χ0v) is 15.6. The van der Waals surface area contributed by atoms with Crippen LogP contribution in [-0.4, -0.2) is 11.9 Å². The Labute approximate surface area is 158 Å². The fraction of sp³-hybridized carbons (Fsp3) is 0.474. The normalized spacial score (nSPS) is 26.2. The summed E-state index contributed by atoms with van der Waals surface area (Å²) < 4.78 is 0. The van der Waals surface area contributed by atoms with Gasteiger partial charge in [-0.1, -0.05) is 35.7 Å². The third-order valence-corrected chi connectivity index (χ3v) is 6.31. The maximum absolute atomic E-state index is 12.3. The number of carbonyl (C=O) groups is 1. The maximum atomic E-state index is 12.3. The van der Waals surface area contributed by atoms with Crippen molar-refractivity contribution in [2.24, 2.45) is 17.8 Å². The van der Waals surface area contributed by atoms with E-state index in [-0.39, 0.29) is 16.6 Å². The SMILES string of the molecule is CC(N/C=C(/C#N)C(=O)Nc1cccc(Cl)c1Cl)C1CC2CCC1C2. The highest BCUT2D eigenvalue weighted by Gasteiger charge is 2.41. The van der Waals surface area contributed by atoms with Crippen molar-refractivity contribution < 1.29 is 4.79 Å². The summed E-state index contributed by atoms with van der Waals surface area (Å²) in [4.78, 5) is 12.3. The van der Waals surface area contributed by atoms with Crippen molar-refractivity contribution in [3.63, 3.8) is 0 Å². The van der Waals surface area contributed by atoms with E-state index in [0.29, 0.717) is 16.6 Å². The predicted octanol–water partition coefficient (Wildman–Crippen LogP) is 4.75. The number of halogens is 2. The lowest BCUT2D eigenvalue weighted by atomic mass is 9.84. The molecule has 0 spiro atoms. The zero-order chi connectivity index (χ0) is 18.0. The van der Waals surface area contributed by atoms with Crippen LogP contribution < -0.4 is 10.6 Å². The average molecular weight is 378 g/mol. The van der Waals surface area contributed by atoms with Gasteiger partial charge in [-0.15, -0.1) is 0 Å². The molecule has 0 saturated heterocycles. The molecule has 0 heterocycles. The number of nitriles is 1. The average Bonchev–Trinajstić information content (AvgIpc) is 3.22. The molecule has 2 N–H and O–H groups in total. The highest BCUT2D eigenvalue weighted by molar-refractivity contribution is 6.44. The molecule has 0 aliphatic heterocycles. The topological polar surface area (TPSA) is 64.9 Å². The third kappa shape index (κ3) is 3.94. The highest BCUT2D eigenvalue weighted by Crippen LogP contribution is 2.49. The number of amides is 1. The number of anilines is 1. The molecule has 4 unspecified atom stereocenters. The van der Waals surface area contributed by atoms with Crippen LogP contribution in [-0.2, 0) is 4.79 Å². The molecule has 0 radical (unpaired) electrons. The summed E-state index contributed by atoms with van der Waals surface area (Å²) in [6.45, 7) is 2.13. The Balaban J connectivity index is 1.63. The van der Waals surface area contributed by atoms with Crippen LogP contribution in [0, 0.1) is 29.1 Å². The number of carbonyl (C=O) groups excluding carboxylic acids is 1. The Morgan fingerprint density at radius 2 is 2.16 bits per heavy atom. The quantitative estimate of drug-likeness (QED) is 0.574. The minimum absolute atomic E-state index is 0.0195. The summed E-state index contributed by atoms with van der Waals surface area (Å²) in [6.07, 6.45) is 6.77. The molecule has 0 aromatic heterocycles. The van der Waals surface area contributed by atoms with Gasteiger partial charge in [0, 0.05) is 12.2 Å². The standard InChI is InChI=1S/C19H21Cl2N3O/c1-11(15-8-12-5-6-13(15)7-12)23-10-14(9-22)19(25)24-17-4-2-3-16(20)18(17)21/h2-4,10-13,15,23H,5-8H2,1H3,(H,24,25)/b14-10-. The minimum atomic E-state index is -0.501. The molecule has 2 fully saturated rings. The van der Waals surface area contributed by atoms with Crippen LogP contribution in [0.3, 0.4) is 0 Å². The number of nitrogens with zero attached hydrogens (tertiary/aromatic N) is 1. The number of hydrogen-bond donors (Lipinski definition) is 2. The number of fused-ring (bicyclic) bond motifs is 2. The van der Waals surface area contributed by atoms with Gasteiger partial charge in [0.1, 0.15) is 11.6 Å². The molecule has 3 rings (SSSR count). The molecular formula is C19H21Cl2N3O. The molecule has 2 bridgehead atoms. The number of hydrogen-bond acceptors (Lipinski definition) is 3. The van der Waals surface area contributed by atoms with E-state index < -0.39 is 5.91 Å². The molecule has 25 heavy (non-hydrogen) atoms. The summed E-state index contributed by atoms with van der Waals surface area (Å²) in [5.41, 5.74) is 0.410. The molecule has 132 valence electrons. The van der Waals surface area contributed by atoms with E-state index in [1.165, 1.54) is 31.9 Å². The summed E-state index contributed by atoms with van der Waals surface area (Å²) >= 11 is 12.0. The lowest BCUT2D eigenvalue weighted by Crippen LogP contribution is -2.34. The fourth-order valence-electron chi connectivity index (χ4n) is 4.18. The fourth-order valence-corrected chi connectivity index (χ4v) is 4.53. The van der Waals surface area contributed by atoms with E-state index in [0.717, 1.165) is 11.8 Å². The Kier molecular flexibility index (Phi) is 5.56. The largest absolute Gasteiger partial charge is 0.387 e. The van der Waals surface area contributed by atoms with E-state index in [1.54, 1.807) is 18.2 Å². The second-order valence-electron chi connectivity index (χ2n) is 7.02. The first kappa shape index (κ1) is 18.1. The molecule has 6 heteroatoms. The van der Waals surface area contributed by atoms with E-state index >= 15 is 0 Å². The lowest BCUT2D eigenvalue weighted by Gasteiger charge is -2.28. The van der Waals surface area contributed by atoms with Crippen molar-refractivity contribution in [1.82, 2.24) is 5.32 Å². The number of benzene rings is 1. The van der Waals surface area contributed by atoms with Crippen LogP contribution in [0.2, 0.25) is 10.0 Å². The number of nitrogens with one attached hydrogen (secondary N) is 2. The van der Waals surface area contributed by atoms with Gasteiger partial charge in [0.15, 0.2) is 0 Å². The van der Waals surface area contributed by atoms with Crippen LogP contribution in [0.5, 0.6) is 0 Å². The monoisotopic (exact) mass is 377 g/mol. The number of rotatable bonds is 5. The van der Waals surface area contributed by atoms with E-state index in [4.69, 9.17) is 23.2 Å². The van der Waals surface area contributed by atoms with Gasteiger partial charge in [-0.2, -0.15) is 5.26 Å². The third-order valence-electron chi connectivity index (χ3n) is 5.49. The molecule has 4 nitrogen and oxygen atoms in total. The first-order valence-electron chi connectivity index (χ1n) is 8.61. The highest BCUT2D eigenvalue weighted by atomic mass is 35.5. The van der Waals surface area contributed by atoms with Gasteiger partial charge in [-0.3, -0.25) is 4.79 Å². The van der Waals surface area contributed by atoms with Crippen molar-refractivity contribution in [2.45, 2.75) is 38.6 Å². The van der Waals surface area contributed by atoms with E-state index in [9.17, 15) is 10.1 Å². The second-order valence-corrected chi connectivity index (χ2v) is 7.80. The van der Waals surface area contributed by atoms with Gasteiger partial charge in [-0.05, 0) is 56.1 Å². The van der Waals surface area contributed by atoms with E-state index in [2.05, 4.69) is 17.6 Å². The molecule has 4 atom stereocenters. The van der Waals surface area contributed by atoms with Crippen LogP contribution >= 0.6 is 23.2 Å². The van der Waals surface area contributed by atoms with Gasteiger partial charge in [-0.25, -0.2) is 0 Å². The van der Waals surface area contributed by atoms with Crippen molar-refractivity contribution >= 4 is 34.8 Å². The van der Waals surface area contributed by atoms with Crippen LogP contribution in [0.1, 0.15) is 32.6 Å². The van der Waals surface area contributed by atoms with Crippen LogP contribution in [0.15, 0.2) is 30.0 Å². The van der Waals surface area contributed by atoms with Crippen molar-refractivity contribution in [1.29, 1.82) is 5.26 Å². The van der Waals surface area contributed by atoms with Crippen LogP contribution in [0.4, 0.5) is 5.69 Å². The second kappa shape index (κ2) is 7.68. The summed E-state index contributed by atoms with van der Waals surface area (Å²) in [7, 11) is 0. The van der Waals surface area contributed by atoms with Crippen molar-refractivity contribution in [3.8, 4) is 6.07 Å². The van der Waals surface area contributed by atoms with Gasteiger partial charge in [0.05, 0.1) is 15.7 Å². The predicted molar refractivity (Wildman–Crippen MR) is 100 cm³/mol. The molecule has 2 aliphatic carbocycles. The Morgan fingerprint density at radius 1 is 1.36 bits per heavy atom. The summed E-state index contributed by atoms with van der Waals surface area (Å²) in [5.74, 6) is 1.78. The minimum Gasteiger partial charge on any atom is -0.387 e. The Hall–Kier alpha value is -1.70. The van der Waals surface area contributed by atoms with Crippen LogP contribution in [0.25, 0.3) is 0 Å². The Morgan fingerprint density at radius 3 is 2.80 bits per heavy atom. The van der Waals surface area contributed by atoms with Gasteiger partial charge in [0.2, 0.25) is 0 Å². The maximum Gasteiger partial charge on any atom is 0.267 e. The van der Waals surface area contributed by atoms with Gasteiger partial charge in [0.25, 0.3) is 5.91 Å². The molecule has 1 amide bonds. The summed E-state index contributed by atoms with van der Waals surface area (Å²) in [5, 5.41) is 15.8. The molecule has 2 saturated carbocycles. The summed E-state index contributed by atoms with van der Waals surface area (Å²) in [6, 6.07) is 7.17. The van der Waals surface area contributed by atoms with Crippen molar-refractivity contribution in [2.75, 3.05) is 5.32 Å². The van der Waals surface area contributed by atoms with Crippen molar-refractivity contribution in [3.05, 3.63) is 40.0 Å². The molecule has 1 aromatic rings. The first-order valence-corrected chi connectivity index (χ1v) is 9.37. The van der Waals surface area contributed by atoms with Gasteiger partial charge >= 0.3 is 0 Å². The zero-order valence-electron chi connectivity index (χ0n) is 14.1. The van der Waals surface area contributed by atoms with E-state index in [1.807, 2.05) is 6.07 Å². The first-order chi connectivity index (χ1) is 12.0. The molecule has 1 aromatic carbocycles. The smallest absolute Gasteiger partial charge is 0.267 e. The van der Waals surface area contributed by atoms with Gasteiger partial charge < -0.3 is 10.6 Å². The Bertz CT molecular complexity index is 741. The molecular weight excluding hydrogens is 357 g/mol.